The first kappa shape index (κ1) is 18.5. The summed E-state index contributed by atoms with van der Waals surface area (Å²) < 4.78 is 5.80. The van der Waals surface area contributed by atoms with Crippen LogP contribution >= 0.6 is 11.3 Å². The van der Waals surface area contributed by atoms with Crippen LogP contribution in [0, 0.1) is 0 Å². The summed E-state index contributed by atoms with van der Waals surface area (Å²) >= 11 is 1.44. The van der Waals surface area contributed by atoms with Crippen molar-refractivity contribution in [2.45, 2.75) is 18.3 Å². The number of hydrogen-bond acceptors (Lipinski definition) is 7. The van der Waals surface area contributed by atoms with E-state index in [9.17, 15) is 4.79 Å². The second-order valence-electron chi connectivity index (χ2n) is 7.28. The molecule has 150 valence electrons. The lowest BCUT2D eigenvalue weighted by Gasteiger charge is -2.15. The van der Waals surface area contributed by atoms with E-state index in [1.165, 1.54) is 11.3 Å². The fourth-order valence-corrected chi connectivity index (χ4v) is 4.14. The number of aromatic nitrogens is 3. The van der Waals surface area contributed by atoms with Crippen LogP contribution in [0.25, 0.3) is 21.9 Å². The van der Waals surface area contributed by atoms with E-state index >= 15 is 0 Å². The van der Waals surface area contributed by atoms with E-state index in [0.29, 0.717) is 0 Å². The molecule has 1 aliphatic rings. The Balaban J connectivity index is 1.59. The first-order valence-corrected chi connectivity index (χ1v) is 10.4. The van der Waals surface area contributed by atoms with E-state index in [1.54, 1.807) is 17.9 Å². The number of primary amides is 1. The molecular formula is C22H19N5O2S. The first-order valence-electron chi connectivity index (χ1n) is 9.54. The zero-order valence-electron chi connectivity index (χ0n) is 16.3. The monoisotopic (exact) mass is 417 g/mol. The van der Waals surface area contributed by atoms with E-state index in [2.05, 4.69) is 20.3 Å². The molecule has 1 fully saturated rings. The zero-order chi connectivity index (χ0) is 20.7. The number of nitrogens with one attached hydrogen (secondary N) is 1. The average molecular weight is 417 g/mol. The van der Waals surface area contributed by atoms with Gasteiger partial charge in [-0.25, -0.2) is 9.97 Å². The molecule has 0 bridgehead atoms. The number of anilines is 1. The third-order valence-electron chi connectivity index (χ3n) is 5.51. The summed E-state index contributed by atoms with van der Waals surface area (Å²) in [5.41, 5.74) is 9.43. The lowest BCUT2D eigenvalue weighted by molar-refractivity contribution is -0.120. The van der Waals surface area contributed by atoms with Crippen molar-refractivity contribution in [2.24, 2.45) is 5.73 Å². The van der Waals surface area contributed by atoms with Gasteiger partial charge in [0.15, 0.2) is 0 Å². The standard InChI is InChI=1S/C22H19N5O2S/c1-24-20-17-10-26-18(22(6-7-22)21(23)28)8-15(17)16(9-27-20)13-2-4-14(5-3-13)29-19-11-25-12-30-19/h2-5,8-12H,6-7H2,1H3,(H2,23,28)(H,24,27). The van der Waals surface area contributed by atoms with Gasteiger partial charge in [0.2, 0.25) is 11.0 Å². The molecule has 0 unspecified atom stereocenters. The highest BCUT2D eigenvalue weighted by Gasteiger charge is 2.51. The molecule has 1 aliphatic carbocycles. The molecule has 1 saturated carbocycles. The third-order valence-corrected chi connectivity index (χ3v) is 6.16. The number of ether oxygens (including phenoxy) is 1. The van der Waals surface area contributed by atoms with Crippen molar-refractivity contribution in [2.75, 3.05) is 12.4 Å². The zero-order valence-corrected chi connectivity index (χ0v) is 17.1. The molecule has 0 atom stereocenters. The van der Waals surface area contributed by atoms with Crippen LogP contribution in [0.2, 0.25) is 0 Å². The van der Waals surface area contributed by atoms with Crippen LogP contribution in [0.4, 0.5) is 5.82 Å². The van der Waals surface area contributed by atoms with Crippen LogP contribution in [0.5, 0.6) is 10.8 Å². The number of fused-ring (bicyclic) bond motifs is 1. The van der Waals surface area contributed by atoms with Crippen molar-refractivity contribution in [3.05, 3.63) is 60.1 Å². The summed E-state index contributed by atoms with van der Waals surface area (Å²) in [4.78, 5) is 25.1. The van der Waals surface area contributed by atoms with Crippen molar-refractivity contribution in [3.8, 4) is 21.9 Å². The molecule has 5 rings (SSSR count). The predicted molar refractivity (Wildman–Crippen MR) is 117 cm³/mol. The summed E-state index contributed by atoms with van der Waals surface area (Å²) in [6, 6.07) is 9.80. The third kappa shape index (κ3) is 3.05. The maximum absolute atomic E-state index is 12.0. The summed E-state index contributed by atoms with van der Waals surface area (Å²) in [5, 5.41) is 5.72. The minimum Gasteiger partial charge on any atom is -0.445 e. The largest absolute Gasteiger partial charge is 0.445 e. The van der Waals surface area contributed by atoms with Gasteiger partial charge in [-0.3, -0.25) is 9.78 Å². The maximum atomic E-state index is 12.0. The molecule has 0 spiro atoms. The van der Waals surface area contributed by atoms with E-state index in [0.717, 1.165) is 57.1 Å². The van der Waals surface area contributed by atoms with Crippen molar-refractivity contribution in [1.29, 1.82) is 0 Å². The molecule has 7 nitrogen and oxygen atoms in total. The minimum absolute atomic E-state index is 0.316. The van der Waals surface area contributed by atoms with E-state index < -0.39 is 5.41 Å². The van der Waals surface area contributed by atoms with Crippen LogP contribution in [-0.4, -0.2) is 27.9 Å². The van der Waals surface area contributed by atoms with Gasteiger partial charge in [-0.05, 0) is 42.0 Å². The highest BCUT2D eigenvalue weighted by molar-refractivity contribution is 7.11. The average Bonchev–Trinajstić information content (AvgIpc) is 3.44. The number of carbonyl (C=O) groups excluding carboxylic acids is 1. The Morgan fingerprint density at radius 1 is 1.13 bits per heavy atom. The van der Waals surface area contributed by atoms with Crippen LogP contribution < -0.4 is 15.8 Å². The quantitative estimate of drug-likeness (QED) is 0.489. The Labute approximate surface area is 177 Å². The van der Waals surface area contributed by atoms with Gasteiger partial charge in [-0.15, -0.1) is 0 Å². The second kappa shape index (κ2) is 7.07. The van der Waals surface area contributed by atoms with Gasteiger partial charge in [0.25, 0.3) is 0 Å². The number of hydrogen-bond donors (Lipinski definition) is 2. The predicted octanol–water partition coefficient (Wildman–Crippen LogP) is 4.10. The molecule has 0 saturated heterocycles. The molecule has 8 heteroatoms. The number of rotatable bonds is 6. The van der Waals surface area contributed by atoms with E-state index in [4.69, 9.17) is 10.5 Å². The molecule has 3 aromatic heterocycles. The van der Waals surface area contributed by atoms with Crippen molar-refractivity contribution in [3.63, 3.8) is 0 Å². The van der Waals surface area contributed by atoms with Crippen LogP contribution in [0.1, 0.15) is 18.5 Å². The topological polar surface area (TPSA) is 103 Å². The number of amides is 1. The molecule has 4 aromatic rings. The fraction of sp³-hybridized carbons (Fsp3) is 0.182. The van der Waals surface area contributed by atoms with E-state index in [1.807, 2.05) is 43.6 Å². The van der Waals surface area contributed by atoms with Crippen LogP contribution in [0.3, 0.4) is 0 Å². The van der Waals surface area contributed by atoms with Gasteiger partial charge < -0.3 is 15.8 Å². The number of pyridine rings is 2. The summed E-state index contributed by atoms with van der Waals surface area (Å²) in [7, 11) is 1.83. The lowest BCUT2D eigenvalue weighted by atomic mass is 9.95. The first-order chi connectivity index (χ1) is 14.6. The van der Waals surface area contributed by atoms with Gasteiger partial charge in [0.1, 0.15) is 11.6 Å². The summed E-state index contributed by atoms with van der Waals surface area (Å²) in [5.74, 6) is 1.16. The molecule has 0 radical (unpaired) electrons. The molecule has 3 N–H and O–H groups in total. The number of benzene rings is 1. The van der Waals surface area contributed by atoms with Gasteiger partial charge in [-0.1, -0.05) is 23.5 Å². The fourth-order valence-electron chi connectivity index (χ4n) is 3.65. The molecular weight excluding hydrogens is 398 g/mol. The number of thiazole rings is 1. The highest BCUT2D eigenvalue weighted by atomic mass is 32.1. The normalized spacial score (nSPS) is 14.4. The molecule has 3 heterocycles. The molecule has 30 heavy (non-hydrogen) atoms. The Morgan fingerprint density at radius 3 is 2.57 bits per heavy atom. The molecule has 1 aromatic carbocycles. The van der Waals surface area contributed by atoms with Crippen LogP contribution in [-0.2, 0) is 10.2 Å². The van der Waals surface area contributed by atoms with Crippen molar-refractivity contribution < 1.29 is 9.53 Å². The molecule has 0 aliphatic heterocycles. The Kier molecular flexibility index (Phi) is 4.36. The number of nitrogens with zero attached hydrogens (tertiary/aromatic N) is 3. The van der Waals surface area contributed by atoms with Gasteiger partial charge in [0, 0.05) is 30.4 Å². The van der Waals surface area contributed by atoms with Crippen molar-refractivity contribution >= 4 is 33.8 Å². The maximum Gasteiger partial charge on any atom is 0.229 e. The number of nitrogens with two attached hydrogens (primary N) is 1. The second-order valence-corrected chi connectivity index (χ2v) is 8.13. The minimum atomic E-state index is -0.638. The lowest BCUT2D eigenvalue weighted by Crippen LogP contribution is -2.29. The Morgan fingerprint density at radius 2 is 1.93 bits per heavy atom. The highest BCUT2D eigenvalue weighted by Crippen LogP contribution is 2.48. The Hall–Kier alpha value is -3.52. The Bertz CT molecular complexity index is 1230. The number of carbonyl (C=O) groups is 1. The van der Waals surface area contributed by atoms with Crippen molar-refractivity contribution in [1.82, 2.24) is 15.0 Å². The van der Waals surface area contributed by atoms with Gasteiger partial charge >= 0.3 is 0 Å². The molecule has 1 amide bonds. The SMILES string of the molecule is CNc1ncc(-c2ccc(Oc3cncs3)cc2)c2cc(C3(C(N)=O)CC3)ncc12. The van der Waals surface area contributed by atoms with Gasteiger partial charge in [-0.2, -0.15) is 0 Å². The summed E-state index contributed by atoms with van der Waals surface area (Å²) in [6.07, 6.45) is 6.78. The van der Waals surface area contributed by atoms with Gasteiger partial charge in [0.05, 0.1) is 22.8 Å². The summed E-state index contributed by atoms with van der Waals surface area (Å²) in [6.45, 7) is 0. The van der Waals surface area contributed by atoms with Crippen LogP contribution in [0.15, 0.2) is 54.4 Å². The van der Waals surface area contributed by atoms with E-state index in [-0.39, 0.29) is 5.91 Å². The smallest absolute Gasteiger partial charge is 0.229 e.